The van der Waals surface area contributed by atoms with Crippen molar-refractivity contribution in [2.45, 2.75) is 13.0 Å². The van der Waals surface area contributed by atoms with Gasteiger partial charge in [-0.2, -0.15) is 0 Å². The quantitative estimate of drug-likeness (QED) is 0.556. The maximum absolute atomic E-state index is 5.94. The molecule has 0 saturated carbocycles. The Balaban J connectivity index is 1.61. The van der Waals surface area contributed by atoms with Gasteiger partial charge < -0.3 is 11.1 Å². The van der Waals surface area contributed by atoms with Gasteiger partial charge in [-0.3, -0.25) is 4.98 Å². The highest BCUT2D eigenvalue weighted by atomic mass is 14.8. The molecule has 0 unspecified atom stereocenters. The largest absolute Gasteiger partial charge is 0.398 e. The molecule has 106 valence electrons. The number of rotatable bonds is 5. The molecule has 3 N–H and O–H groups in total. The topological polar surface area (TPSA) is 50.9 Å². The number of nitrogens with one attached hydrogen (secondary N) is 1. The van der Waals surface area contributed by atoms with E-state index in [-0.39, 0.29) is 0 Å². The van der Waals surface area contributed by atoms with Crippen molar-refractivity contribution >= 4 is 16.6 Å². The van der Waals surface area contributed by atoms with Crippen LogP contribution < -0.4 is 11.1 Å². The van der Waals surface area contributed by atoms with E-state index in [1.54, 1.807) is 0 Å². The second kappa shape index (κ2) is 6.37. The lowest BCUT2D eigenvalue weighted by atomic mass is 10.1. The molecule has 2 aromatic carbocycles. The van der Waals surface area contributed by atoms with E-state index in [4.69, 9.17) is 5.73 Å². The summed E-state index contributed by atoms with van der Waals surface area (Å²) in [5.74, 6) is 0. The second-order valence-corrected chi connectivity index (χ2v) is 5.12. The molecular weight excluding hydrogens is 258 g/mol. The van der Waals surface area contributed by atoms with Gasteiger partial charge in [0.2, 0.25) is 0 Å². The number of pyridine rings is 1. The van der Waals surface area contributed by atoms with Gasteiger partial charge in [-0.15, -0.1) is 0 Å². The molecule has 3 rings (SSSR count). The lowest BCUT2D eigenvalue weighted by Crippen LogP contribution is -2.17. The van der Waals surface area contributed by atoms with Crippen LogP contribution in [0.3, 0.4) is 0 Å². The third kappa shape index (κ3) is 3.20. The number of para-hydroxylation sites is 2. The Kier molecular flexibility index (Phi) is 4.12. The number of hydrogen-bond acceptors (Lipinski definition) is 3. The Morgan fingerprint density at radius 1 is 0.905 bits per heavy atom. The fourth-order valence-electron chi connectivity index (χ4n) is 2.51. The predicted molar refractivity (Wildman–Crippen MR) is 88.0 cm³/mol. The van der Waals surface area contributed by atoms with E-state index in [1.807, 2.05) is 30.5 Å². The van der Waals surface area contributed by atoms with Crippen LogP contribution in [0.25, 0.3) is 10.9 Å². The molecule has 0 amide bonds. The maximum Gasteiger partial charge on any atom is 0.0734 e. The molecule has 3 aromatic rings. The third-order valence-corrected chi connectivity index (χ3v) is 3.66. The monoisotopic (exact) mass is 277 g/mol. The molecule has 0 fully saturated rings. The van der Waals surface area contributed by atoms with Crippen molar-refractivity contribution in [2.24, 2.45) is 0 Å². The normalized spacial score (nSPS) is 10.9. The Hall–Kier alpha value is -2.39. The summed E-state index contributed by atoms with van der Waals surface area (Å²) >= 11 is 0. The average Bonchev–Trinajstić information content (AvgIpc) is 2.53. The molecule has 0 bridgehead atoms. The van der Waals surface area contributed by atoms with Gasteiger partial charge in [-0.1, -0.05) is 42.5 Å². The van der Waals surface area contributed by atoms with Crippen molar-refractivity contribution in [2.75, 3.05) is 12.3 Å². The molecule has 21 heavy (non-hydrogen) atoms. The summed E-state index contributed by atoms with van der Waals surface area (Å²) in [6.07, 6.45) is 2.81. The fraction of sp³-hybridized carbons (Fsp3) is 0.167. The molecule has 1 heterocycles. The molecule has 0 aliphatic carbocycles. The number of aromatic nitrogens is 1. The van der Waals surface area contributed by atoms with Crippen molar-refractivity contribution in [3.63, 3.8) is 0 Å². The number of nitrogens with zero attached hydrogens (tertiary/aromatic N) is 1. The number of anilines is 1. The lowest BCUT2D eigenvalue weighted by Gasteiger charge is -2.09. The number of nitrogens with two attached hydrogens (primary N) is 1. The van der Waals surface area contributed by atoms with Gasteiger partial charge in [0.15, 0.2) is 0 Å². The second-order valence-electron chi connectivity index (χ2n) is 5.12. The molecule has 0 saturated heterocycles. The van der Waals surface area contributed by atoms with Crippen molar-refractivity contribution in [3.05, 3.63) is 71.9 Å². The molecule has 3 heteroatoms. The molecule has 0 atom stereocenters. The summed E-state index contributed by atoms with van der Waals surface area (Å²) in [7, 11) is 0. The zero-order valence-electron chi connectivity index (χ0n) is 11.9. The number of hydrogen-bond donors (Lipinski definition) is 2. The van der Waals surface area contributed by atoms with E-state index in [1.165, 1.54) is 10.9 Å². The zero-order chi connectivity index (χ0) is 14.5. The molecule has 0 aliphatic heterocycles. The van der Waals surface area contributed by atoms with Crippen LogP contribution in [0.1, 0.15) is 11.1 Å². The van der Waals surface area contributed by atoms with Crippen molar-refractivity contribution in [3.8, 4) is 0 Å². The minimum Gasteiger partial charge on any atom is -0.398 e. The highest BCUT2D eigenvalue weighted by Crippen LogP contribution is 2.16. The van der Waals surface area contributed by atoms with Crippen molar-refractivity contribution in [1.82, 2.24) is 10.3 Å². The SMILES string of the molecule is Nc1ccccc1CNCCc1cccc2cccnc12. The highest BCUT2D eigenvalue weighted by molar-refractivity contribution is 5.81. The van der Waals surface area contributed by atoms with Crippen LogP contribution in [-0.2, 0) is 13.0 Å². The van der Waals surface area contributed by atoms with Crippen LogP contribution in [0.2, 0.25) is 0 Å². The van der Waals surface area contributed by atoms with E-state index < -0.39 is 0 Å². The summed E-state index contributed by atoms with van der Waals surface area (Å²) in [6.45, 7) is 1.70. The first-order valence-corrected chi connectivity index (χ1v) is 7.21. The van der Waals surface area contributed by atoms with Crippen LogP contribution in [0.5, 0.6) is 0 Å². The predicted octanol–water partition coefficient (Wildman–Crippen LogP) is 3.15. The average molecular weight is 277 g/mol. The standard InChI is InChI=1S/C18H19N3/c19-17-9-2-1-5-16(17)13-20-12-10-15-7-3-6-14-8-4-11-21-18(14)15/h1-9,11,20H,10,12-13,19H2. The van der Waals surface area contributed by atoms with Crippen LogP contribution in [0.4, 0.5) is 5.69 Å². The van der Waals surface area contributed by atoms with E-state index in [0.717, 1.165) is 36.3 Å². The minimum atomic E-state index is 0.796. The van der Waals surface area contributed by atoms with Crippen LogP contribution >= 0.6 is 0 Å². The summed E-state index contributed by atoms with van der Waals surface area (Å²) in [6, 6.07) is 18.4. The van der Waals surface area contributed by atoms with Gasteiger partial charge in [0.25, 0.3) is 0 Å². The Morgan fingerprint density at radius 2 is 1.71 bits per heavy atom. The smallest absolute Gasteiger partial charge is 0.0734 e. The van der Waals surface area contributed by atoms with Gasteiger partial charge in [0.1, 0.15) is 0 Å². The van der Waals surface area contributed by atoms with E-state index in [9.17, 15) is 0 Å². The Morgan fingerprint density at radius 3 is 2.62 bits per heavy atom. The molecule has 3 nitrogen and oxygen atoms in total. The molecule has 0 spiro atoms. The first-order chi connectivity index (χ1) is 10.3. The number of fused-ring (bicyclic) bond motifs is 1. The van der Waals surface area contributed by atoms with E-state index >= 15 is 0 Å². The molecule has 0 aliphatic rings. The van der Waals surface area contributed by atoms with Gasteiger partial charge in [0, 0.05) is 23.8 Å². The van der Waals surface area contributed by atoms with Crippen molar-refractivity contribution < 1.29 is 0 Å². The minimum absolute atomic E-state index is 0.796. The maximum atomic E-state index is 5.94. The fourth-order valence-corrected chi connectivity index (χ4v) is 2.51. The summed E-state index contributed by atoms with van der Waals surface area (Å²) in [5.41, 5.74) is 10.3. The van der Waals surface area contributed by atoms with Gasteiger partial charge in [0.05, 0.1) is 5.52 Å². The van der Waals surface area contributed by atoms with Gasteiger partial charge >= 0.3 is 0 Å². The van der Waals surface area contributed by atoms with E-state index in [2.05, 4.69) is 40.6 Å². The lowest BCUT2D eigenvalue weighted by molar-refractivity contribution is 0.689. The summed E-state index contributed by atoms with van der Waals surface area (Å²) in [5, 5.41) is 4.64. The van der Waals surface area contributed by atoms with Crippen LogP contribution in [0, 0.1) is 0 Å². The van der Waals surface area contributed by atoms with E-state index in [0.29, 0.717) is 0 Å². The number of benzene rings is 2. The first-order valence-electron chi connectivity index (χ1n) is 7.21. The first kappa shape index (κ1) is 13.6. The van der Waals surface area contributed by atoms with Crippen molar-refractivity contribution in [1.29, 1.82) is 0 Å². The van der Waals surface area contributed by atoms with Gasteiger partial charge in [-0.25, -0.2) is 0 Å². The molecule has 1 aromatic heterocycles. The Labute approximate surface area is 124 Å². The zero-order valence-corrected chi connectivity index (χ0v) is 11.9. The molecule has 0 radical (unpaired) electrons. The highest BCUT2D eigenvalue weighted by Gasteiger charge is 2.02. The van der Waals surface area contributed by atoms with Gasteiger partial charge in [-0.05, 0) is 36.2 Å². The van der Waals surface area contributed by atoms with Crippen LogP contribution in [-0.4, -0.2) is 11.5 Å². The van der Waals surface area contributed by atoms with Crippen LogP contribution in [0.15, 0.2) is 60.8 Å². The Bertz CT molecular complexity index is 732. The molecular formula is C18H19N3. The summed E-state index contributed by atoms with van der Waals surface area (Å²) < 4.78 is 0. The number of nitrogen functional groups attached to an aromatic ring is 1. The summed E-state index contributed by atoms with van der Waals surface area (Å²) in [4.78, 5) is 4.48. The third-order valence-electron chi connectivity index (χ3n) is 3.66.